The Hall–Kier alpha value is -1.21. The highest BCUT2D eigenvalue weighted by Gasteiger charge is 1.92. The molecular weight excluding hydrogens is 212 g/mol. The predicted molar refractivity (Wildman–Crippen MR) is 74.6 cm³/mol. The van der Waals surface area contributed by atoms with Crippen molar-refractivity contribution in [3.63, 3.8) is 0 Å². The molecule has 0 N–H and O–H groups in total. The first-order chi connectivity index (χ1) is 7.72. The maximum absolute atomic E-state index is 2.16. The number of hydrogen-bond donors (Lipinski definition) is 0. The third-order valence-corrected chi connectivity index (χ3v) is 3.00. The molecule has 0 heterocycles. The van der Waals surface area contributed by atoms with Crippen molar-refractivity contribution in [2.75, 3.05) is 0 Å². The lowest BCUT2D eigenvalue weighted by Crippen LogP contribution is -1.71. The quantitative estimate of drug-likeness (QED) is 0.505. The highest BCUT2D eigenvalue weighted by atomic mass is 32.2. The molecule has 0 unspecified atom stereocenters. The smallest absolute Gasteiger partial charge is 0.0118 e. The summed E-state index contributed by atoms with van der Waals surface area (Å²) in [5, 5.41) is 0. The van der Waals surface area contributed by atoms with Crippen molar-refractivity contribution in [2.24, 2.45) is 0 Å². The lowest BCUT2D eigenvalue weighted by atomic mass is 10.2. The lowest BCUT2D eigenvalue weighted by Gasteiger charge is -1.99. The standard InChI is InChI=1S/C15H18S/c1-4-8-13(2)11-12-14(3)16-15-9-6-5-7-10-15/h4-12H,1-3H3/b8-4-,13-11-,14-12+. The van der Waals surface area contributed by atoms with Crippen molar-refractivity contribution in [1.82, 2.24) is 0 Å². The van der Waals surface area contributed by atoms with Gasteiger partial charge in [-0.2, -0.15) is 0 Å². The van der Waals surface area contributed by atoms with E-state index in [1.165, 1.54) is 15.4 Å². The zero-order valence-electron chi connectivity index (χ0n) is 10.1. The molecule has 0 aliphatic rings. The fraction of sp³-hybridized carbons (Fsp3) is 0.200. The molecule has 1 rings (SSSR count). The van der Waals surface area contributed by atoms with Crippen molar-refractivity contribution in [3.8, 4) is 0 Å². The zero-order chi connectivity index (χ0) is 11.8. The maximum atomic E-state index is 2.16. The number of thioether (sulfide) groups is 1. The highest BCUT2D eigenvalue weighted by Crippen LogP contribution is 2.25. The summed E-state index contributed by atoms with van der Waals surface area (Å²) in [4.78, 5) is 2.59. The molecule has 1 aromatic carbocycles. The van der Waals surface area contributed by atoms with Gasteiger partial charge in [0.15, 0.2) is 0 Å². The first-order valence-corrected chi connectivity index (χ1v) is 6.25. The zero-order valence-corrected chi connectivity index (χ0v) is 10.9. The van der Waals surface area contributed by atoms with E-state index in [2.05, 4.69) is 62.4 Å². The molecular formula is C15H18S. The molecule has 1 heteroatoms. The van der Waals surface area contributed by atoms with E-state index >= 15 is 0 Å². The van der Waals surface area contributed by atoms with Gasteiger partial charge in [0, 0.05) is 4.90 Å². The van der Waals surface area contributed by atoms with Crippen LogP contribution in [0, 0.1) is 0 Å². The lowest BCUT2D eigenvalue weighted by molar-refractivity contribution is 1.46. The Bertz CT molecular complexity index is 397. The Morgan fingerprint density at radius 3 is 2.38 bits per heavy atom. The molecule has 0 aromatic heterocycles. The van der Waals surface area contributed by atoms with E-state index in [9.17, 15) is 0 Å². The van der Waals surface area contributed by atoms with E-state index < -0.39 is 0 Å². The molecule has 1 aromatic rings. The van der Waals surface area contributed by atoms with Crippen LogP contribution in [0.4, 0.5) is 0 Å². The monoisotopic (exact) mass is 230 g/mol. The van der Waals surface area contributed by atoms with Crippen LogP contribution in [0.3, 0.4) is 0 Å². The van der Waals surface area contributed by atoms with Gasteiger partial charge in [-0.05, 0) is 37.8 Å². The Morgan fingerprint density at radius 2 is 1.75 bits per heavy atom. The van der Waals surface area contributed by atoms with E-state index in [0.29, 0.717) is 0 Å². The second-order valence-electron chi connectivity index (χ2n) is 3.60. The van der Waals surface area contributed by atoms with E-state index in [0.717, 1.165) is 0 Å². The molecule has 0 saturated heterocycles. The molecule has 0 aliphatic carbocycles. The predicted octanol–water partition coefficient (Wildman–Crippen LogP) is 5.20. The van der Waals surface area contributed by atoms with Gasteiger partial charge in [0.25, 0.3) is 0 Å². The molecule has 0 saturated carbocycles. The molecule has 0 atom stereocenters. The Morgan fingerprint density at radius 1 is 1.06 bits per heavy atom. The van der Waals surface area contributed by atoms with Crippen molar-refractivity contribution in [3.05, 3.63) is 65.1 Å². The number of allylic oxidation sites excluding steroid dienone is 6. The van der Waals surface area contributed by atoms with Crippen LogP contribution >= 0.6 is 11.8 Å². The molecule has 16 heavy (non-hydrogen) atoms. The molecule has 0 fully saturated rings. The molecule has 0 aliphatic heterocycles. The molecule has 0 nitrogen and oxygen atoms in total. The van der Waals surface area contributed by atoms with Crippen LogP contribution in [0.1, 0.15) is 20.8 Å². The highest BCUT2D eigenvalue weighted by molar-refractivity contribution is 8.03. The summed E-state index contributed by atoms with van der Waals surface area (Å²) in [6.07, 6.45) is 8.47. The van der Waals surface area contributed by atoms with Crippen molar-refractivity contribution < 1.29 is 0 Å². The average molecular weight is 230 g/mol. The fourth-order valence-electron chi connectivity index (χ4n) is 1.28. The van der Waals surface area contributed by atoms with Crippen LogP contribution in [-0.2, 0) is 0 Å². The van der Waals surface area contributed by atoms with Gasteiger partial charge in [-0.25, -0.2) is 0 Å². The topological polar surface area (TPSA) is 0 Å². The first kappa shape index (κ1) is 12.9. The summed E-state index contributed by atoms with van der Waals surface area (Å²) in [7, 11) is 0. The van der Waals surface area contributed by atoms with Gasteiger partial charge in [0.1, 0.15) is 0 Å². The second kappa shape index (κ2) is 7.13. The van der Waals surface area contributed by atoms with Gasteiger partial charge in [0.2, 0.25) is 0 Å². The molecule has 84 valence electrons. The van der Waals surface area contributed by atoms with Gasteiger partial charge < -0.3 is 0 Å². The van der Waals surface area contributed by atoms with Crippen LogP contribution < -0.4 is 0 Å². The first-order valence-electron chi connectivity index (χ1n) is 5.43. The van der Waals surface area contributed by atoms with Gasteiger partial charge in [-0.15, -0.1) is 0 Å². The summed E-state index contributed by atoms with van der Waals surface area (Å²) in [6.45, 7) is 6.28. The largest absolute Gasteiger partial charge is 0.0949 e. The third-order valence-electron chi connectivity index (χ3n) is 2.03. The Kier molecular flexibility index (Phi) is 5.73. The number of hydrogen-bond acceptors (Lipinski definition) is 1. The molecule has 0 spiro atoms. The SMILES string of the molecule is C\C=C/C(C)=C\C=C(/C)Sc1ccccc1. The second-order valence-corrected chi connectivity index (χ2v) is 4.92. The van der Waals surface area contributed by atoms with Crippen molar-refractivity contribution in [2.45, 2.75) is 25.7 Å². The van der Waals surface area contributed by atoms with Crippen LogP contribution in [-0.4, -0.2) is 0 Å². The fourth-order valence-corrected chi connectivity index (χ4v) is 2.08. The molecule has 0 radical (unpaired) electrons. The van der Waals surface area contributed by atoms with E-state index in [1.807, 2.05) is 13.0 Å². The van der Waals surface area contributed by atoms with E-state index in [1.54, 1.807) is 11.8 Å². The van der Waals surface area contributed by atoms with Crippen LogP contribution in [0.2, 0.25) is 0 Å². The van der Waals surface area contributed by atoms with Crippen LogP contribution in [0.25, 0.3) is 0 Å². The number of benzene rings is 1. The maximum Gasteiger partial charge on any atom is 0.0118 e. The molecule has 0 amide bonds. The van der Waals surface area contributed by atoms with Gasteiger partial charge in [-0.3, -0.25) is 0 Å². The van der Waals surface area contributed by atoms with Crippen molar-refractivity contribution in [1.29, 1.82) is 0 Å². The van der Waals surface area contributed by atoms with E-state index in [-0.39, 0.29) is 0 Å². The molecule has 0 bridgehead atoms. The average Bonchev–Trinajstić information content (AvgIpc) is 2.28. The Balaban J connectivity index is 2.62. The summed E-state index contributed by atoms with van der Waals surface area (Å²) in [6, 6.07) is 10.4. The summed E-state index contributed by atoms with van der Waals surface area (Å²) in [5.41, 5.74) is 1.27. The third kappa shape index (κ3) is 5.04. The summed E-state index contributed by atoms with van der Waals surface area (Å²) < 4.78 is 0. The summed E-state index contributed by atoms with van der Waals surface area (Å²) in [5.74, 6) is 0. The number of rotatable bonds is 4. The normalized spacial score (nSPS) is 13.4. The van der Waals surface area contributed by atoms with Crippen LogP contribution in [0.15, 0.2) is 70.0 Å². The minimum absolute atomic E-state index is 1.27. The minimum Gasteiger partial charge on any atom is -0.0949 e. The van der Waals surface area contributed by atoms with E-state index in [4.69, 9.17) is 0 Å². The minimum atomic E-state index is 1.27. The van der Waals surface area contributed by atoms with Gasteiger partial charge >= 0.3 is 0 Å². The van der Waals surface area contributed by atoms with Gasteiger partial charge in [0.05, 0.1) is 0 Å². The Labute approximate surface area is 103 Å². The summed E-state index contributed by atoms with van der Waals surface area (Å²) >= 11 is 1.80. The van der Waals surface area contributed by atoms with Crippen LogP contribution in [0.5, 0.6) is 0 Å². The van der Waals surface area contributed by atoms with Gasteiger partial charge in [-0.1, -0.05) is 59.8 Å². The van der Waals surface area contributed by atoms with Crippen molar-refractivity contribution >= 4 is 11.8 Å².